The Morgan fingerprint density at radius 1 is 0.850 bits per heavy atom. The fourth-order valence-corrected chi connectivity index (χ4v) is 2.42. The van der Waals surface area contributed by atoms with Crippen molar-refractivity contribution in [3.8, 4) is 11.1 Å². The molecule has 0 spiro atoms. The number of carboxylic acid groups (broad SMARTS) is 1. The third kappa shape index (κ3) is 2.38. The normalized spacial score (nSPS) is 10.7. The van der Waals surface area contributed by atoms with Gasteiger partial charge in [-0.1, -0.05) is 41.9 Å². The highest BCUT2D eigenvalue weighted by atomic mass is 35.5. The molecule has 0 fully saturated rings. The summed E-state index contributed by atoms with van der Waals surface area (Å²) < 4.78 is 0. The molecular formula is C17H11ClO2. The topological polar surface area (TPSA) is 37.3 Å². The van der Waals surface area contributed by atoms with Crippen molar-refractivity contribution in [1.29, 1.82) is 0 Å². The zero-order chi connectivity index (χ0) is 14.1. The Labute approximate surface area is 121 Å². The Bertz CT molecular complexity index is 809. The van der Waals surface area contributed by atoms with E-state index in [0.29, 0.717) is 10.6 Å². The third-order valence-electron chi connectivity index (χ3n) is 3.25. The van der Waals surface area contributed by atoms with Crippen molar-refractivity contribution >= 4 is 28.3 Å². The van der Waals surface area contributed by atoms with Gasteiger partial charge in [-0.3, -0.25) is 0 Å². The van der Waals surface area contributed by atoms with Gasteiger partial charge in [0, 0.05) is 5.02 Å². The number of hydrogen-bond donors (Lipinski definition) is 1. The summed E-state index contributed by atoms with van der Waals surface area (Å²) in [5.74, 6) is -0.911. The van der Waals surface area contributed by atoms with Gasteiger partial charge in [-0.25, -0.2) is 4.79 Å². The first-order valence-corrected chi connectivity index (χ1v) is 6.54. The molecule has 3 heteroatoms. The smallest absolute Gasteiger partial charge is 0.335 e. The van der Waals surface area contributed by atoms with Crippen LogP contribution in [0.2, 0.25) is 5.02 Å². The van der Waals surface area contributed by atoms with Crippen LogP contribution in [-0.2, 0) is 0 Å². The quantitative estimate of drug-likeness (QED) is 0.729. The molecule has 3 aromatic rings. The van der Waals surface area contributed by atoms with Crippen LogP contribution in [0.4, 0.5) is 0 Å². The summed E-state index contributed by atoms with van der Waals surface area (Å²) in [5.41, 5.74) is 2.40. The summed E-state index contributed by atoms with van der Waals surface area (Å²) in [6.45, 7) is 0. The summed E-state index contributed by atoms with van der Waals surface area (Å²) in [7, 11) is 0. The van der Waals surface area contributed by atoms with Crippen molar-refractivity contribution < 1.29 is 9.90 Å². The van der Waals surface area contributed by atoms with Gasteiger partial charge in [-0.05, 0) is 52.2 Å². The second kappa shape index (κ2) is 4.99. The highest BCUT2D eigenvalue weighted by Gasteiger charge is 2.05. The van der Waals surface area contributed by atoms with Crippen molar-refractivity contribution in [2.24, 2.45) is 0 Å². The highest BCUT2D eigenvalue weighted by molar-refractivity contribution is 6.30. The Morgan fingerprint density at radius 3 is 2.30 bits per heavy atom. The monoisotopic (exact) mass is 282 g/mol. The van der Waals surface area contributed by atoms with Gasteiger partial charge in [0.2, 0.25) is 0 Å². The maximum Gasteiger partial charge on any atom is 0.335 e. The molecule has 20 heavy (non-hydrogen) atoms. The summed E-state index contributed by atoms with van der Waals surface area (Å²) in [4.78, 5) is 11.0. The highest BCUT2D eigenvalue weighted by Crippen LogP contribution is 2.27. The van der Waals surface area contributed by atoms with Crippen LogP contribution in [0, 0.1) is 0 Å². The van der Waals surface area contributed by atoms with E-state index in [1.807, 2.05) is 48.5 Å². The zero-order valence-electron chi connectivity index (χ0n) is 10.5. The van der Waals surface area contributed by atoms with Crippen molar-refractivity contribution in [1.82, 2.24) is 0 Å². The first kappa shape index (κ1) is 12.7. The summed E-state index contributed by atoms with van der Waals surface area (Å²) in [6, 6.07) is 18.7. The first-order chi connectivity index (χ1) is 9.63. The van der Waals surface area contributed by atoms with E-state index in [4.69, 9.17) is 16.7 Å². The van der Waals surface area contributed by atoms with Crippen molar-refractivity contribution in [2.45, 2.75) is 0 Å². The van der Waals surface area contributed by atoms with E-state index in [0.717, 1.165) is 21.9 Å². The molecule has 0 aliphatic carbocycles. The molecule has 2 nitrogen and oxygen atoms in total. The SMILES string of the molecule is O=C(O)c1ccc2cc(-c3cccc(Cl)c3)ccc2c1. The van der Waals surface area contributed by atoms with E-state index in [-0.39, 0.29) is 0 Å². The first-order valence-electron chi connectivity index (χ1n) is 6.16. The van der Waals surface area contributed by atoms with Gasteiger partial charge < -0.3 is 5.11 Å². The zero-order valence-corrected chi connectivity index (χ0v) is 11.3. The van der Waals surface area contributed by atoms with Crippen LogP contribution < -0.4 is 0 Å². The van der Waals surface area contributed by atoms with Crippen LogP contribution in [0.5, 0.6) is 0 Å². The molecule has 0 atom stereocenters. The molecular weight excluding hydrogens is 272 g/mol. The lowest BCUT2D eigenvalue weighted by Gasteiger charge is -2.05. The number of carbonyl (C=O) groups is 1. The molecule has 3 rings (SSSR count). The van der Waals surface area contributed by atoms with E-state index in [9.17, 15) is 4.79 Å². The van der Waals surface area contributed by atoms with E-state index >= 15 is 0 Å². The summed E-state index contributed by atoms with van der Waals surface area (Å²) in [5, 5.41) is 11.6. The van der Waals surface area contributed by atoms with Gasteiger partial charge in [-0.2, -0.15) is 0 Å². The molecule has 0 aromatic heterocycles. The fourth-order valence-electron chi connectivity index (χ4n) is 2.23. The predicted octanol–water partition coefficient (Wildman–Crippen LogP) is 4.86. The van der Waals surface area contributed by atoms with Gasteiger partial charge in [0.1, 0.15) is 0 Å². The molecule has 98 valence electrons. The van der Waals surface area contributed by atoms with Crippen molar-refractivity contribution in [2.75, 3.05) is 0 Å². The Kier molecular flexibility index (Phi) is 3.17. The van der Waals surface area contributed by atoms with E-state index in [1.165, 1.54) is 0 Å². The van der Waals surface area contributed by atoms with E-state index < -0.39 is 5.97 Å². The van der Waals surface area contributed by atoms with E-state index in [1.54, 1.807) is 12.1 Å². The molecule has 0 saturated heterocycles. The molecule has 0 unspecified atom stereocenters. The summed E-state index contributed by atoms with van der Waals surface area (Å²) in [6.07, 6.45) is 0. The lowest BCUT2D eigenvalue weighted by atomic mass is 10.00. The Balaban J connectivity index is 2.12. The van der Waals surface area contributed by atoms with E-state index in [2.05, 4.69) is 0 Å². The molecule has 3 aromatic carbocycles. The number of rotatable bonds is 2. The molecule has 0 aliphatic heterocycles. The standard InChI is InChI=1S/C17H11ClO2/c18-16-3-1-2-11(10-16)12-4-5-14-9-15(17(19)20)7-6-13(14)8-12/h1-10H,(H,19,20). The van der Waals surface area contributed by atoms with Crippen molar-refractivity contribution in [3.63, 3.8) is 0 Å². The molecule has 0 radical (unpaired) electrons. The van der Waals surface area contributed by atoms with Crippen LogP contribution in [0.3, 0.4) is 0 Å². The van der Waals surface area contributed by atoms with Gasteiger partial charge >= 0.3 is 5.97 Å². The van der Waals surface area contributed by atoms with Gasteiger partial charge in [0.15, 0.2) is 0 Å². The molecule has 0 bridgehead atoms. The van der Waals surface area contributed by atoms with Crippen LogP contribution in [0.15, 0.2) is 60.7 Å². The maximum atomic E-state index is 11.0. The molecule has 0 aliphatic rings. The average Bonchev–Trinajstić information content (AvgIpc) is 2.46. The minimum atomic E-state index is -0.911. The van der Waals surface area contributed by atoms with Gasteiger partial charge in [-0.15, -0.1) is 0 Å². The minimum absolute atomic E-state index is 0.299. The van der Waals surface area contributed by atoms with Crippen molar-refractivity contribution in [3.05, 3.63) is 71.2 Å². The molecule has 0 saturated carbocycles. The minimum Gasteiger partial charge on any atom is -0.478 e. The van der Waals surface area contributed by atoms with Crippen LogP contribution in [0.1, 0.15) is 10.4 Å². The lowest BCUT2D eigenvalue weighted by molar-refractivity contribution is 0.0697. The van der Waals surface area contributed by atoms with Gasteiger partial charge in [0.25, 0.3) is 0 Å². The van der Waals surface area contributed by atoms with Gasteiger partial charge in [0.05, 0.1) is 5.56 Å². The summed E-state index contributed by atoms with van der Waals surface area (Å²) >= 11 is 6.00. The lowest BCUT2D eigenvalue weighted by Crippen LogP contribution is -1.95. The third-order valence-corrected chi connectivity index (χ3v) is 3.48. The molecule has 0 amide bonds. The van der Waals surface area contributed by atoms with Crippen LogP contribution >= 0.6 is 11.6 Å². The average molecular weight is 283 g/mol. The number of fused-ring (bicyclic) bond motifs is 1. The number of benzene rings is 3. The van der Waals surface area contributed by atoms with Crippen LogP contribution in [0.25, 0.3) is 21.9 Å². The second-order valence-corrected chi connectivity index (χ2v) is 5.03. The second-order valence-electron chi connectivity index (χ2n) is 4.59. The Hall–Kier alpha value is -2.32. The molecule has 0 heterocycles. The fraction of sp³-hybridized carbons (Fsp3) is 0. The maximum absolute atomic E-state index is 11.0. The molecule has 1 N–H and O–H groups in total. The van der Waals surface area contributed by atoms with Crippen LogP contribution in [-0.4, -0.2) is 11.1 Å². The number of carboxylic acids is 1. The Morgan fingerprint density at radius 2 is 1.55 bits per heavy atom. The number of aromatic carboxylic acids is 1. The predicted molar refractivity (Wildman–Crippen MR) is 81.4 cm³/mol. The largest absolute Gasteiger partial charge is 0.478 e. The number of halogens is 1. The number of hydrogen-bond acceptors (Lipinski definition) is 1.